The first-order chi connectivity index (χ1) is 20.9. The summed E-state index contributed by atoms with van der Waals surface area (Å²) in [4.78, 5) is 12.7. The van der Waals surface area contributed by atoms with Crippen LogP contribution in [0, 0.1) is 28.6 Å². The molecule has 1 aromatic heterocycles. The highest BCUT2D eigenvalue weighted by Gasteiger charge is 2.68. The Bertz CT molecular complexity index is 1480. The third-order valence-corrected chi connectivity index (χ3v) is 13.1. The molecule has 1 aromatic carbocycles. The molecule has 4 aliphatic rings. The highest BCUT2D eigenvalue weighted by atomic mass is 31.2. The summed E-state index contributed by atoms with van der Waals surface area (Å²) < 4.78 is 31.1. The number of aliphatic hydroxyl groups is 3. The second-order valence-corrected chi connectivity index (χ2v) is 15.4. The van der Waals surface area contributed by atoms with Crippen LogP contribution in [0.3, 0.4) is 0 Å². The Labute approximate surface area is 258 Å². The molecule has 3 saturated carbocycles. The minimum Gasteiger partial charge on any atom is -0.481 e. The number of hydrogen-bond donors (Lipinski definition) is 3. The predicted octanol–water partition coefficient (Wildman–Crippen LogP) is 4.92. The van der Waals surface area contributed by atoms with Crippen LogP contribution in [0.2, 0.25) is 0 Å². The van der Waals surface area contributed by atoms with Gasteiger partial charge in [-0.3, -0.25) is 9.36 Å². The molecule has 11 heteroatoms. The summed E-state index contributed by atoms with van der Waals surface area (Å²) in [6, 6.07) is 7.46. The second-order valence-electron chi connectivity index (χ2n) is 13.4. The minimum atomic E-state index is -3.32. The van der Waals surface area contributed by atoms with Crippen molar-refractivity contribution in [3.8, 4) is 11.4 Å². The van der Waals surface area contributed by atoms with E-state index in [4.69, 9.17) is 18.9 Å². The van der Waals surface area contributed by atoms with E-state index in [0.29, 0.717) is 18.6 Å². The number of carbonyl (C=O) groups is 1. The molecule has 0 bridgehead atoms. The molecule has 10 nitrogen and oxygen atoms in total. The van der Waals surface area contributed by atoms with Gasteiger partial charge in [-0.1, -0.05) is 19.4 Å². The molecule has 0 aliphatic heterocycles. The van der Waals surface area contributed by atoms with Crippen molar-refractivity contribution in [2.75, 3.05) is 26.2 Å². The number of fused-ring (bicyclic) bond motifs is 6. The lowest BCUT2D eigenvalue weighted by molar-refractivity contribution is -0.181. The summed E-state index contributed by atoms with van der Waals surface area (Å²) in [7, 11) is -3.32. The smallest absolute Gasteiger partial charge is 0.367 e. The van der Waals surface area contributed by atoms with Crippen LogP contribution in [0.1, 0.15) is 71.1 Å². The molecule has 0 spiro atoms. The van der Waals surface area contributed by atoms with Gasteiger partial charge in [0.25, 0.3) is 0 Å². The first kappa shape index (κ1) is 31.6. The summed E-state index contributed by atoms with van der Waals surface area (Å²) in [5.74, 6) is 0.314. The molecule has 0 radical (unpaired) electrons. The van der Waals surface area contributed by atoms with Gasteiger partial charge in [0.15, 0.2) is 12.1 Å². The Kier molecular flexibility index (Phi) is 8.26. The van der Waals surface area contributed by atoms with E-state index in [1.54, 1.807) is 13.8 Å². The molecule has 2 aromatic rings. The van der Waals surface area contributed by atoms with E-state index < -0.39 is 37.1 Å². The van der Waals surface area contributed by atoms with Gasteiger partial charge in [0.05, 0.1) is 36.9 Å². The Balaban J connectivity index is 1.23. The van der Waals surface area contributed by atoms with Crippen LogP contribution in [-0.2, 0) is 24.8 Å². The summed E-state index contributed by atoms with van der Waals surface area (Å²) in [5, 5.41) is 37.6. The number of nitrogens with zero attached hydrogens (tertiary/aromatic N) is 2. The van der Waals surface area contributed by atoms with Crippen LogP contribution in [0.5, 0.6) is 5.75 Å². The van der Waals surface area contributed by atoms with Crippen LogP contribution < -0.4 is 4.74 Å². The summed E-state index contributed by atoms with van der Waals surface area (Å²) >= 11 is 0. The number of Topliss-reactive ketones (excluding diaryl/α,β-unsaturated/α-hetero) is 1. The molecule has 1 heterocycles. The quantitative estimate of drug-likeness (QED) is 0.313. The van der Waals surface area contributed by atoms with Gasteiger partial charge in [0.1, 0.15) is 18.0 Å². The van der Waals surface area contributed by atoms with Gasteiger partial charge in [-0.15, -0.1) is 0 Å². The largest absolute Gasteiger partial charge is 0.481 e. The van der Waals surface area contributed by atoms with E-state index in [1.165, 1.54) is 5.57 Å². The van der Waals surface area contributed by atoms with Crippen LogP contribution in [0.4, 0.5) is 0 Å². The van der Waals surface area contributed by atoms with Crippen LogP contribution >= 0.6 is 7.60 Å². The van der Waals surface area contributed by atoms with Crippen molar-refractivity contribution in [1.29, 1.82) is 0 Å². The Morgan fingerprint density at radius 2 is 1.84 bits per heavy atom. The van der Waals surface area contributed by atoms with E-state index in [9.17, 15) is 24.7 Å². The number of aliphatic hydroxyl groups excluding tert-OH is 2. The first-order valence-corrected chi connectivity index (χ1v) is 17.6. The third-order valence-electron chi connectivity index (χ3n) is 11.3. The van der Waals surface area contributed by atoms with Gasteiger partial charge in [0.2, 0.25) is 0 Å². The Morgan fingerprint density at radius 1 is 1.14 bits per heavy atom. The van der Waals surface area contributed by atoms with Gasteiger partial charge >= 0.3 is 7.60 Å². The molecule has 3 N–H and O–H groups in total. The van der Waals surface area contributed by atoms with E-state index in [1.807, 2.05) is 42.1 Å². The van der Waals surface area contributed by atoms with Crippen molar-refractivity contribution in [2.24, 2.45) is 28.6 Å². The molecule has 7 atom stereocenters. The van der Waals surface area contributed by atoms with Crippen molar-refractivity contribution < 1.29 is 38.5 Å². The topological polar surface area (TPSA) is 140 Å². The number of rotatable bonds is 10. The number of ketones is 1. The lowest BCUT2D eigenvalue weighted by Crippen LogP contribution is -2.62. The zero-order chi connectivity index (χ0) is 31.5. The maximum Gasteiger partial charge on any atom is 0.367 e. The van der Waals surface area contributed by atoms with Gasteiger partial charge in [-0.05, 0) is 111 Å². The maximum atomic E-state index is 12.7. The molecular formula is C33H45N2O8P. The van der Waals surface area contributed by atoms with Crippen molar-refractivity contribution in [1.82, 2.24) is 9.78 Å². The molecule has 240 valence electrons. The predicted molar refractivity (Wildman–Crippen MR) is 164 cm³/mol. The number of aromatic nitrogens is 2. The first-order valence-electron chi connectivity index (χ1n) is 15.9. The van der Waals surface area contributed by atoms with Crippen LogP contribution in [0.15, 0.2) is 36.0 Å². The summed E-state index contributed by atoms with van der Waals surface area (Å²) in [6.45, 7) is 7.60. The number of ether oxygens (including phenoxy) is 1. The zero-order valence-electron chi connectivity index (χ0n) is 26.1. The Morgan fingerprint density at radius 3 is 2.50 bits per heavy atom. The maximum absolute atomic E-state index is 12.7. The van der Waals surface area contributed by atoms with Crippen LogP contribution in [0.25, 0.3) is 11.8 Å². The number of benzene rings is 1. The fourth-order valence-electron chi connectivity index (χ4n) is 9.33. The fourth-order valence-corrected chi connectivity index (χ4v) is 10.6. The van der Waals surface area contributed by atoms with Crippen molar-refractivity contribution in [3.05, 3.63) is 47.3 Å². The normalized spacial score (nSPS) is 34.4. The molecule has 0 saturated heterocycles. The zero-order valence-corrected chi connectivity index (χ0v) is 27.0. The van der Waals surface area contributed by atoms with Gasteiger partial charge < -0.3 is 29.1 Å². The summed E-state index contributed by atoms with van der Waals surface area (Å²) in [6.07, 6.45) is 7.23. The number of carbonyl (C=O) groups excluding carboxylic acids is 1. The molecule has 4 aliphatic carbocycles. The molecule has 3 fully saturated rings. The van der Waals surface area contributed by atoms with Gasteiger partial charge in [-0.2, -0.15) is 5.10 Å². The lowest BCUT2D eigenvalue weighted by Gasteiger charge is -2.60. The van der Waals surface area contributed by atoms with Crippen molar-refractivity contribution >= 4 is 19.5 Å². The van der Waals surface area contributed by atoms with Crippen LogP contribution in [-0.4, -0.2) is 68.8 Å². The standard InChI is InChI=1S/C33H45N2O8P/c1-5-42-44(40,43-6-2)20-41-24-10-8-23(9-11-24)35-27-15-22-7-12-25-26-13-14-33(39,29(38)19-36)32(26,4)17-28(37)30(25)31(22,3)16-21(27)18-34-35/h8-11,15,18,25-26,28,30,36-37,39H,5-7,12-14,16-17,19-20H2,1-4H3/t25?,26?,28?,30?,31-,32-,33-/m0/s1. The van der Waals surface area contributed by atoms with E-state index >= 15 is 0 Å². The summed E-state index contributed by atoms with van der Waals surface area (Å²) in [5.41, 5.74) is 1.71. The fraction of sp³-hybridized carbons (Fsp3) is 0.636. The minimum absolute atomic E-state index is 0.00411. The molecule has 4 unspecified atom stereocenters. The highest BCUT2D eigenvalue weighted by molar-refractivity contribution is 7.53. The Hall–Kier alpha value is -2.33. The molecule has 6 rings (SSSR count). The van der Waals surface area contributed by atoms with Gasteiger partial charge in [0, 0.05) is 5.41 Å². The number of allylic oxidation sites excluding steroid dienone is 1. The molecule has 44 heavy (non-hydrogen) atoms. The van der Waals surface area contributed by atoms with E-state index in [2.05, 4.69) is 13.0 Å². The third kappa shape index (κ3) is 4.84. The number of hydrogen-bond acceptors (Lipinski definition) is 9. The van der Waals surface area contributed by atoms with Crippen molar-refractivity contribution in [2.45, 2.75) is 77.9 Å². The van der Waals surface area contributed by atoms with E-state index in [-0.39, 0.29) is 42.7 Å². The van der Waals surface area contributed by atoms with E-state index in [0.717, 1.165) is 42.6 Å². The SMILES string of the molecule is CCOP(=O)(COc1ccc(-n2ncc3c2C=C2CCC4C(C(O)C[C@@]5(C)C4CC[C@]5(O)C(=O)CO)[C@@]2(C)C3)cc1)OCC. The average molecular weight is 629 g/mol. The highest BCUT2D eigenvalue weighted by Crippen LogP contribution is 2.67. The van der Waals surface area contributed by atoms with Gasteiger partial charge in [-0.25, -0.2) is 4.68 Å². The second kappa shape index (κ2) is 11.5. The monoisotopic (exact) mass is 628 g/mol. The van der Waals surface area contributed by atoms with Crippen molar-refractivity contribution in [3.63, 3.8) is 0 Å². The average Bonchev–Trinajstić information content (AvgIpc) is 3.51. The molecular weight excluding hydrogens is 583 g/mol. The molecule has 0 amide bonds. The lowest BCUT2D eigenvalue weighted by atomic mass is 9.45.